The maximum atomic E-state index is 15.4. The molecule has 34 heavy (non-hydrogen) atoms. The van der Waals surface area contributed by atoms with Crippen LogP contribution in [-0.4, -0.2) is 39.3 Å². The molecule has 0 spiro atoms. The van der Waals surface area contributed by atoms with Crippen LogP contribution in [0.1, 0.15) is 49.1 Å². The molecule has 0 bridgehead atoms. The summed E-state index contributed by atoms with van der Waals surface area (Å²) in [4.78, 5) is 31.9. The lowest BCUT2D eigenvalue weighted by Crippen LogP contribution is -2.42. The van der Waals surface area contributed by atoms with Crippen molar-refractivity contribution in [2.75, 3.05) is 13.1 Å². The van der Waals surface area contributed by atoms with Gasteiger partial charge in [0.1, 0.15) is 5.84 Å². The Kier molecular flexibility index (Phi) is 5.75. The van der Waals surface area contributed by atoms with Gasteiger partial charge in [0, 0.05) is 31.3 Å². The number of likely N-dealkylation sites (tertiary alicyclic amines) is 1. The molecule has 0 aliphatic carbocycles. The smallest absolute Gasteiger partial charge is 0.320 e. The van der Waals surface area contributed by atoms with Crippen LogP contribution in [0.5, 0.6) is 0 Å². The van der Waals surface area contributed by atoms with Gasteiger partial charge < -0.3 is 15.2 Å². The van der Waals surface area contributed by atoms with Gasteiger partial charge in [0.2, 0.25) is 5.91 Å². The number of halogens is 2. The van der Waals surface area contributed by atoms with Gasteiger partial charge in [0.25, 0.3) is 5.56 Å². The highest BCUT2D eigenvalue weighted by molar-refractivity contribution is 5.95. The molecule has 2 heterocycles. The van der Waals surface area contributed by atoms with Gasteiger partial charge in [-0.25, -0.2) is 4.98 Å². The number of nitrogens with two attached hydrogens (primary N) is 1. The first-order valence-corrected chi connectivity index (χ1v) is 11.1. The highest BCUT2D eigenvalue weighted by Gasteiger charge is 2.40. The molecule has 1 fully saturated rings. The maximum Gasteiger partial charge on any atom is 0.320 e. The van der Waals surface area contributed by atoms with Gasteiger partial charge in [-0.15, -0.1) is 0 Å². The maximum absolute atomic E-state index is 15.4. The van der Waals surface area contributed by atoms with Crippen LogP contribution in [0, 0.1) is 5.41 Å². The molecular formula is C25H27F2N5O2. The minimum atomic E-state index is -3.67. The molecule has 1 amide bonds. The molecule has 2 aromatic carbocycles. The molecule has 7 nitrogen and oxygen atoms in total. The molecule has 1 saturated heterocycles. The Labute approximate surface area is 195 Å². The first-order valence-electron chi connectivity index (χ1n) is 11.1. The van der Waals surface area contributed by atoms with Crippen LogP contribution in [0.25, 0.3) is 11.0 Å². The number of aryl methyl sites for hydroxylation is 1. The fraction of sp³-hybridized carbons (Fsp3) is 0.360. The molecule has 4 rings (SSSR count). The normalized spacial score (nSPS) is 14.6. The van der Waals surface area contributed by atoms with Crippen LogP contribution in [0.2, 0.25) is 0 Å². The number of aromatic nitrogens is 2. The van der Waals surface area contributed by atoms with E-state index in [9.17, 15) is 9.59 Å². The number of carbonyl (C=O) groups is 1. The molecule has 178 valence electrons. The van der Waals surface area contributed by atoms with Crippen molar-refractivity contribution in [2.24, 2.45) is 12.8 Å². The number of rotatable bonds is 5. The fourth-order valence-corrected chi connectivity index (χ4v) is 4.36. The van der Waals surface area contributed by atoms with Crippen molar-refractivity contribution in [3.05, 3.63) is 75.2 Å². The van der Waals surface area contributed by atoms with Crippen molar-refractivity contribution in [1.29, 1.82) is 5.41 Å². The van der Waals surface area contributed by atoms with Gasteiger partial charge in [0.15, 0.2) is 5.69 Å². The van der Waals surface area contributed by atoms with E-state index in [-0.39, 0.29) is 17.3 Å². The summed E-state index contributed by atoms with van der Waals surface area (Å²) >= 11 is 0. The second-order valence-electron chi connectivity index (χ2n) is 9.22. The van der Waals surface area contributed by atoms with E-state index in [4.69, 9.17) is 11.1 Å². The van der Waals surface area contributed by atoms with Crippen molar-refractivity contribution in [2.45, 2.75) is 38.0 Å². The van der Waals surface area contributed by atoms with Crippen molar-refractivity contribution < 1.29 is 13.6 Å². The minimum absolute atomic E-state index is 0.0229. The second kappa shape index (κ2) is 8.30. The van der Waals surface area contributed by atoms with Crippen molar-refractivity contribution in [3.63, 3.8) is 0 Å². The molecule has 0 unspecified atom stereocenters. The number of alkyl halides is 2. The molecule has 0 atom stereocenters. The molecule has 1 aromatic heterocycles. The molecule has 1 aliphatic heterocycles. The first-order chi connectivity index (χ1) is 15.9. The second-order valence-corrected chi connectivity index (χ2v) is 9.22. The molecule has 1 aliphatic rings. The predicted molar refractivity (Wildman–Crippen MR) is 126 cm³/mol. The summed E-state index contributed by atoms with van der Waals surface area (Å²) in [7, 11) is 1.42. The Morgan fingerprint density at radius 1 is 1.06 bits per heavy atom. The van der Waals surface area contributed by atoms with E-state index in [1.807, 2.05) is 18.7 Å². The van der Waals surface area contributed by atoms with Crippen molar-refractivity contribution in [1.82, 2.24) is 14.5 Å². The molecule has 0 saturated carbocycles. The Bertz CT molecular complexity index is 1340. The summed E-state index contributed by atoms with van der Waals surface area (Å²) < 4.78 is 32.0. The largest absolute Gasteiger partial charge is 0.384 e. The van der Waals surface area contributed by atoms with Gasteiger partial charge in [-0.05, 0) is 44.4 Å². The zero-order chi connectivity index (χ0) is 24.8. The van der Waals surface area contributed by atoms with Gasteiger partial charge in [-0.1, -0.05) is 30.3 Å². The van der Waals surface area contributed by atoms with Crippen molar-refractivity contribution in [3.8, 4) is 0 Å². The van der Waals surface area contributed by atoms with E-state index in [2.05, 4.69) is 4.98 Å². The Morgan fingerprint density at radius 2 is 1.65 bits per heavy atom. The molecular weight excluding hydrogens is 440 g/mol. The molecule has 0 radical (unpaired) electrons. The van der Waals surface area contributed by atoms with E-state index in [0.717, 1.165) is 29.5 Å². The van der Waals surface area contributed by atoms with Crippen LogP contribution in [0.4, 0.5) is 8.78 Å². The molecule has 3 N–H and O–H groups in total. The number of amides is 1. The van der Waals surface area contributed by atoms with E-state index < -0.39 is 28.2 Å². The summed E-state index contributed by atoms with van der Waals surface area (Å²) in [6.07, 6.45) is 1.93. The number of nitrogen functional groups attached to an aromatic ring is 1. The highest BCUT2D eigenvalue weighted by Crippen LogP contribution is 2.34. The molecule has 3 aromatic rings. The third-order valence-electron chi connectivity index (χ3n) is 6.58. The lowest BCUT2D eigenvalue weighted by Gasteiger charge is -2.29. The number of amidine groups is 1. The number of hydrogen-bond donors (Lipinski definition) is 2. The third kappa shape index (κ3) is 3.85. The summed E-state index contributed by atoms with van der Waals surface area (Å²) in [6.45, 7) is 5.04. The van der Waals surface area contributed by atoms with Gasteiger partial charge in [-0.2, -0.15) is 8.78 Å². The third-order valence-corrected chi connectivity index (χ3v) is 6.58. The Morgan fingerprint density at radius 3 is 2.24 bits per heavy atom. The Balaban J connectivity index is 1.81. The Hall–Kier alpha value is -3.62. The lowest BCUT2D eigenvalue weighted by molar-refractivity contribution is -0.135. The summed E-state index contributed by atoms with van der Waals surface area (Å²) in [5, 5.41) is 7.43. The van der Waals surface area contributed by atoms with Crippen molar-refractivity contribution >= 4 is 22.8 Å². The van der Waals surface area contributed by atoms with Crippen LogP contribution >= 0.6 is 0 Å². The van der Waals surface area contributed by atoms with E-state index in [1.54, 1.807) is 18.2 Å². The highest BCUT2D eigenvalue weighted by atomic mass is 19.3. The SMILES string of the molecule is Cn1c(=O)c(C(F)(F)c2ccc(C(=N)N)cc2)nc2cc(C(C)(C)C(=O)N3CCCC3)ccc21. The molecule has 9 heteroatoms. The standard InChI is InChI=1S/C25H27F2N5O2/c1-24(2,23(34)32-12-4-5-13-32)17-10-11-19-18(14-17)30-20(22(33)31(19)3)25(26,27)16-8-6-15(7-9-16)21(28)29/h6-11,14H,4-5,12-13H2,1-3H3,(H3,28,29). The quantitative estimate of drug-likeness (QED) is 0.444. The average Bonchev–Trinajstić information content (AvgIpc) is 3.35. The fourth-order valence-electron chi connectivity index (χ4n) is 4.36. The lowest BCUT2D eigenvalue weighted by atomic mass is 9.83. The number of fused-ring (bicyclic) bond motifs is 1. The number of carbonyl (C=O) groups excluding carboxylic acids is 1. The van der Waals surface area contributed by atoms with Crippen LogP contribution in [-0.2, 0) is 23.2 Å². The zero-order valence-corrected chi connectivity index (χ0v) is 19.4. The number of hydrogen-bond acceptors (Lipinski definition) is 4. The predicted octanol–water partition coefficient (Wildman–Crippen LogP) is 3.26. The van der Waals surface area contributed by atoms with Gasteiger partial charge >= 0.3 is 5.92 Å². The monoisotopic (exact) mass is 467 g/mol. The number of benzene rings is 2. The zero-order valence-electron chi connectivity index (χ0n) is 19.4. The van der Waals surface area contributed by atoms with Gasteiger partial charge in [-0.3, -0.25) is 15.0 Å². The van der Waals surface area contributed by atoms with E-state index in [1.165, 1.54) is 19.2 Å². The minimum Gasteiger partial charge on any atom is -0.384 e. The van der Waals surface area contributed by atoms with E-state index in [0.29, 0.717) is 29.7 Å². The van der Waals surface area contributed by atoms with Crippen LogP contribution in [0.3, 0.4) is 0 Å². The summed E-state index contributed by atoms with van der Waals surface area (Å²) in [6, 6.07) is 9.88. The summed E-state index contributed by atoms with van der Waals surface area (Å²) in [5.41, 5.74) is 3.83. The first kappa shape index (κ1) is 23.5. The number of nitrogens with zero attached hydrogens (tertiary/aromatic N) is 3. The number of nitrogens with one attached hydrogen (secondary N) is 1. The van der Waals surface area contributed by atoms with Gasteiger partial charge in [0.05, 0.1) is 16.4 Å². The van der Waals surface area contributed by atoms with Crippen LogP contribution < -0.4 is 11.3 Å². The van der Waals surface area contributed by atoms with Crippen LogP contribution in [0.15, 0.2) is 47.3 Å². The average molecular weight is 468 g/mol. The topological polar surface area (TPSA) is 105 Å². The summed E-state index contributed by atoms with van der Waals surface area (Å²) in [5.74, 6) is -3.94. The van der Waals surface area contributed by atoms with E-state index >= 15 is 8.78 Å².